The molecule has 1 N–H and O–H groups in total. The summed E-state index contributed by atoms with van der Waals surface area (Å²) in [5.41, 5.74) is 1.05. The van der Waals surface area contributed by atoms with E-state index in [0.717, 1.165) is 25.7 Å². The SMILES string of the molecule is COCCNc1c(Br)cc(Br)cc1Br. The summed E-state index contributed by atoms with van der Waals surface area (Å²) in [5.74, 6) is 0. The van der Waals surface area contributed by atoms with E-state index in [1.165, 1.54) is 0 Å². The van der Waals surface area contributed by atoms with Crippen LogP contribution in [0.5, 0.6) is 0 Å². The molecule has 0 atom stereocenters. The van der Waals surface area contributed by atoms with Gasteiger partial charge in [-0.25, -0.2) is 0 Å². The number of benzene rings is 1. The first-order chi connectivity index (χ1) is 6.65. The van der Waals surface area contributed by atoms with Crippen LogP contribution in [0, 0.1) is 0 Å². The molecule has 1 rings (SSSR count). The Morgan fingerprint density at radius 2 is 1.79 bits per heavy atom. The maximum atomic E-state index is 4.96. The van der Waals surface area contributed by atoms with Gasteiger partial charge in [-0.05, 0) is 44.0 Å². The van der Waals surface area contributed by atoms with Crippen molar-refractivity contribution in [2.45, 2.75) is 0 Å². The second-order valence-corrected chi connectivity index (χ2v) is 5.29. The van der Waals surface area contributed by atoms with Crippen LogP contribution in [-0.4, -0.2) is 20.3 Å². The highest BCUT2D eigenvalue weighted by Gasteiger charge is 2.05. The Kier molecular flexibility index (Phi) is 5.44. The molecule has 0 radical (unpaired) electrons. The van der Waals surface area contributed by atoms with Crippen LogP contribution in [0.15, 0.2) is 25.6 Å². The van der Waals surface area contributed by atoms with Crippen LogP contribution in [0.4, 0.5) is 5.69 Å². The molecule has 1 aromatic carbocycles. The lowest BCUT2D eigenvalue weighted by Crippen LogP contribution is -2.08. The smallest absolute Gasteiger partial charge is 0.0635 e. The molecule has 0 saturated heterocycles. The Balaban J connectivity index is 2.75. The summed E-state index contributed by atoms with van der Waals surface area (Å²) in [6.45, 7) is 1.48. The number of hydrogen-bond acceptors (Lipinski definition) is 2. The molecule has 5 heteroatoms. The minimum Gasteiger partial charge on any atom is -0.383 e. The largest absolute Gasteiger partial charge is 0.383 e. The molecule has 2 nitrogen and oxygen atoms in total. The van der Waals surface area contributed by atoms with Gasteiger partial charge in [0.2, 0.25) is 0 Å². The third-order valence-corrected chi connectivity index (χ3v) is 3.32. The van der Waals surface area contributed by atoms with Gasteiger partial charge in [0.25, 0.3) is 0 Å². The molecule has 0 spiro atoms. The molecule has 0 unspecified atom stereocenters. The van der Waals surface area contributed by atoms with E-state index in [2.05, 4.69) is 53.1 Å². The van der Waals surface area contributed by atoms with Crippen molar-refractivity contribution in [3.63, 3.8) is 0 Å². The average molecular weight is 388 g/mol. The van der Waals surface area contributed by atoms with Crippen molar-refractivity contribution in [1.82, 2.24) is 0 Å². The Labute approximate surface area is 109 Å². The Hall–Kier alpha value is 0.420. The molecule has 0 aliphatic rings. The van der Waals surface area contributed by atoms with Crippen molar-refractivity contribution in [2.75, 3.05) is 25.6 Å². The highest BCUT2D eigenvalue weighted by atomic mass is 79.9. The number of halogens is 3. The fraction of sp³-hybridized carbons (Fsp3) is 0.333. The normalized spacial score (nSPS) is 10.3. The van der Waals surface area contributed by atoms with Crippen molar-refractivity contribution in [2.24, 2.45) is 0 Å². The molecule has 14 heavy (non-hydrogen) atoms. The van der Waals surface area contributed by atoms with Gasteiger partial charge in [0, 0.05) is 27.1 Å². The number of nitrogens with one attached hydrogen (secondary N) is 1. The average Bonchev–Trinajstić information content (AvgIpc) is 2.09. The first-order valence-electron chi connectivity index (χ1n) is 4.02. The van der Waals surface area contributed by atoms with Crippen molar-refractivity contribution >= 4 is 53.5 Å². The first-order valence-corrected chi connectivity index (χ1v) is 6.40. The highest BCUT2D eigenvalue weighted by Crippen LogP contribution is 2.34. The summed E-state index contributed by atoms with van der Waals surface area (Å²) in [7, 11) is 1.69. The third-order valence-electron chi connectivity index (χ3n) is 1.61. The van der Waals surface area contributed by atoms with E-state index in [1.807, 2.05) is 12.1 Å². The molecule has 0 aliphatic heterocycles. The van der Waals surface area contributed by atoms with Crippen molar-refractivity contribution in [3.8, 4) is 0 Å². The van der Waals surface area contributed by atoms with E-state index in [0.29, 0.717) is 6.61 Å². The van der Waals surface area contributed by atoms with Crippen LogP contribution < -0.4 is 5.32 Å². The second-order valence-electron chi connectivity index (χ2n) is 2.66. The van der Waals surface area contributed by atoms with Gasteiger partial charge in [0.1, 0.15) is 0 Å². The van der Waals surface area contributed by atoms with E-state index in [4.69, 9.17) is 4.74 Å². The lowest BCUT2D eigenvalue weighted by atomic mass is 10.3. The van der Waals surface area contributed by atoms with Gasteiger partial charge in [-0.3, -0.25) is 0 Å². The van der Waals surface area contributed by atoms with Gasteiger partial charge in [0.15, 0.2) is 0 Å². The highest BCUT2D eigenvalue weighted by molar-refractivity contribution is 9.11. The molecule has 0 fully saturated rings. The van der Waals surface area contributed by atoms with Crippen LogP contribution in [0.25, 0.3) is 0 Å². The molecule has 0 amide bonds. The summed E-state index contributed by atoms with van der Waals surface area (Å²) in [5, 5.41) is 3.27. The molecule has 0 heterocycles. The second kappa shape index (κ2) is 6.10. The molecule has 0 bridgehead atoms. The minimum absolute atomic E-state index is 0.689. The third kappa shape index (κ3) is 3.53. The molecular formula is C9H10Br3NO. The molecular weight excluding hydrogens is 378 g/mol. The summed E-state index contributed by atoms with van der Waals surface area (Å²) in [6, 6.07) is 4.00. The van der Waals surface area contributed by atoms with Gasteiger partial charge >= 0.3 is 0 Å². The van der Waals surface area contributed by atoms with E-state index in [1.54, 1.807) is 7.11 Å². The lowest BCUT2D eigenvalue weighted by molar-refractivity contribution is 0.210. The van der Waals surface area contributed by atoms with Crippen molar-refractivity contribution in [1.29, 1.82) is 0 Å². The molecule has 0 saturated carbocycles. The predicted octanol–water partition coefficient (Wildman–Crippen LogP) is 4.03. The summed E-state index contributed by atoms with van der Waals surface area (Å²) < 4.78 is 8.05. The van der Waals surface area contributed by atoms with Crippen molar-refractivity contribution < 1.29 is 4.74 Å². The van der Waals surface area contributed by atoms with Crippen LogP contribution in [-0.2, 0) is 4.74 Å². The summed E-state index contributed by atoms with van der Waals surface area (Å²) in [4.78, 5) is 0. The topological polar surface area (TPSA) is 21.3 Å². The van der Waals surface area contributed by atoms with Crippen LogP contribution in [0.1, 0.15) is 0 Å². The van der Waals surface area contributed by atoms with Crippen LogP contribution >= 0.6 is 47.8 Å². The van der Waals surface area contributed by atoms with Gasteiger partial charge < -0.3 is 10.1 Å². The zero-order chi connectivity index (χ0) is 10.6. The summed E-state index contributed by atoms with van der Waals surface area (Å²) in [6.07, 6.45) is 0. The fourth-order valence-electron chi connectivity index (χ4n) is 0.989. The van der Waals surface area contributed by atoms with E-state index in [-0.39, 0.29) is 0 Å². The van der Waals surface area contributed by atoms with Gasteiger partial charge in [-0.15, -0.1) is 0 Å². The maximum Gasteiger partial charge on any atom is 0.0635 e. The zero-order valence-electron chi connectivity index (χ0n) is 7.61. The van der Waals surface area contributed by atoms with Gasteiger partial charge in [0.05, 0.1) is 12.3 Å². The number of anilines is 1. The first kappa shape index (κ1) is 12.5. The molecule has 1 aromatic rings. The quantitative estimate of drug-likeness (QED) is 0.787. The standard InChI is InChI=1S/C9H10Br3NO/c1-14-3-2-13-9-7(11)4-6(10)5-8(9)12/h4-5,13H,2-3H2,1H3. The lowest BCUT2D eigenvalue weighted by Gasteiger charge is -2.10. The number of methoxy groups -OCH3 is 1. The van der Waals surface area contributed by atoms with E-state index < -0.39 is 0 Å². The Morgan fingerprint density at radius 1 is 1.21 bits per heavy atom. The molecule has 0 aliphatic carbocycles. The Bertz CT molecular complexity index is 294. The van der Waals surface area contributed by atoms with Crippen molar-refractivity contribution in [3.05, 3.63) is 25.6 Å². The summed E-state index contributed by atoms with van der Waals surface area (Å²) >= 11 is 10.4. The number of ether oxygens (including phenoxy) is 1. The zero-order valence-corrected chi connectivity index (χ0v) is 12.4. The predicted molar refractivity (Wildman–Crippen MR) is 69.9 cm³/mol. The minimum atomic E-state index is 0.689. The monoisotopic (exact) mass is 385 g/mol. The maximum absolute atomic E-state index is 4.96. The van der Waals surface area contributed by atoms with E-state index >= 15 is 0 Å². The molecule has 0 aromatic heterocycles. The number of hydrogen-bond donors (Lipinski definition) is 1. The van der Waals surface area contributed by atoms with Gasteiger partial charge in [-0.2, -0.15) is 0 Å². The van der Waals surface area contributed by atoms with Crippen LogP contribution in [0.3, 0.4) is 0 Å². The Morgan fingerprint density at radius 3 is 2.29 bits per heavy atom. The van der Waals surface area contributed by atoms with E-state index in [9.17, 15) is 0 Å². The van der Waals surface area contributed by atoms with Gasteiger partial charge in [-0.1, -0.05) is 15.9 Å². The van der Waals surface area contributed by atoms with Crippen LogP contribution in [0.2, 0.25) is 0 Å². The fourth-order valence-corrected chi connectivity index (χ4v) is 3.53. The molecule has 78 valence electrons. The number of rotatable bonds is 4.